The summed E-state index contributed by atoms with van der Waals surface area (Å²) in [6.07, 6.45) is 0.304. The van der Waals surface area contributed by atoms with E-state index in [4.69, 9.17) is 16.3 Å². The molecule has 2 N–H and O–H groups in total. The number of ether oxygens (including phenoxy) is 1. The van der Waals surface area contributed by atoms with Crippen LogP contribution in [0.25, 0.3) is 0 Å². The van der Waals surface area contributed by atoms with E-state index < -0.39 is 0 Å². The summed E-state index contributed by atoms with van der Waals surface area (Å²) in [6, 6.07) is 9.34. The van der Waals surface area contributed by atoms with Gasteiger partial charge in [0.2, 0.25) is 0 Å². The summed E-state index contributed by atoms with van der Waals surface area (Å²) in [5.74, 6) is -0.293. The van der Waals surface area contributed by atoms with Crippen molar-refractivity contribution in [1.82, 2.24) is 5.32 Å². The smallest absolute Gasteiger partial charge is 0.251 e. The van der Waals surface area contributed by atoms with Crippen molar-refractivity contribution in [3.8, 4) is 6.07 Å². The van der Waals surface area contributed by atoms with Gasteiger partial charge in [-0.15, -0.1) is 11.6 Å². The molecule has 3 rings (SSSR count). The number of nitriles is 1. The molecule has 1 amide bonds. The van der Waals surface area contributed by atoms with Gasteiger partial charge in [0.25, 0.3) is 5.91 Å². The Morgan fingerprint density at radius 2 is 1.78 bits per heavy atom. The van der Waals surface area contributed by atoms with Gasteiger partial charge in [0.05, 0.1) is 40.8 Å². The Balaban J connectivity index is 1.62. The minimum atomic E-state index is -0.291. The number of halogens is 1. The Labute approximate surface area is 195 Å². The lowest BCUT2D eigenvalue weighted by molar-refractivity contribution is -0.243. The first-order valence-electron chi connectivity index (χ1n) is 11.1. The lowest BCUT2D eigenvalue weighted by atomic mass is 9.49. The number of carbonyl (C=O) groups excluding carboxylic acids is 1. The molecule has 1 aromatic rings. The number of nitrogens with zero attached hydrogens (tertiary/aromatic N) is 3. The molecule has 0 bridgehead atoms. The molecule has 2 aliphatic carbocycles. The summed E-state index contributed by atoms with van der Waals surface area (Å²) < 4.78 is 6.33. The first kappa shape index (κ1) is 24.5. The highest BCUT2D eigenvalue weighted by atomic mass is 35.5. The quantitative estimate of drug-likeness (QED) is 0.341. The molecule has 2 fully saturated rings. The highest BCUT2D eigenvalue weighted by Crippen LogP contribution is 2.57. The first-order valence-corrected chi connectivity index (χ1v) is 11.5. The Hall–Kier alpha value is -2.17. The second-order valence-electron chi connectivity index (χ2n) is 11.1. The van der Waals surface area contributed by atoms with E-state index in [-0.39, 0.29) is 51.8 Å². The monoisotopic (exact) mass is 459 g/mol. The summed E-state index contributed by atoms with van der Waals surface area (Å²) in [5, 5.41) is 20.5. The van der Waals surface area contributed by atoms with Crippen LogP contribution < -0.4 is 10.7 Å². The van der Waals surface area contributed by atoms with Crippen LogP contribution in [0.15, 0.2) is 34.6 Å². The SMILES string of the molecule is CC(C)(C)/N=N\Nc1ccc(C(=O)N[C@H]2C(C)(C)[C@H](O[C@@H]3C(Cl)CC3C#N)C2(C)C)cc1. The normalized spacial score (nSPS) is 30.7. The molecule has 7 nitrogen and oxygen atoms in total. The van der Waals surface area contributed by atoms with E-state index >= 15 is 0 Å². The Kier molecular flexibility index (Phi) is 6.61. The van der Waals surface area contributed by atoms with E-state index in [9.17, 15) is 10.1 Å². The summed E-state index contributed by atoms with van der Waals surface area (Å²) in [5.41, 5.74) is 3.38. The molecule has 0 aromatic heterocycles. The van der Waals surface area contributed by atoms with Crippen molar-refractivity contribution in [3.63, 3.8) is 0 Å². The van der Waals surface area contributed by atoms with E-state index in [0.717, 1.165) is 5.69 Å². The summed E-state index contributed by atoms with van der Waals surface area (Å²) in [7, 11) is 0. The van der Waals surface area contributed by atoms with Crippen LogP contribution in [0.4, 0.5) is 5.69 Å². The van der Waals surface area contributed by atoms with Crippen LogP contribution in [-0.4, -0.2) is 35.1 Å². The maximum absolute atomic E-state index is 12.9. The van der Waals surface area contributed by atoms with Crippen molar-refractivity contribution >= 4 is 23.2 Å². The molecular weight excluding hydrogens is 426 g/mol. The zero-order valence-electron chi connectivity index (χ0n) is 19.9. The lowest BCUT2D eigenvalue weighted by Crippen LogP contribution is -2.75. The van der Waals surface area contributed by atoms with Crippen LogP contribution >= 0.6 is 11.6 Å². The zero-order chi connectivity index (χ0) is 23.9. The first-order chi connectivity index (χ1) is 14.8. The average molecular weight is 460 g/mol. The summed E-state index contributed by atoms with van der Waals surface area (Å²) in [4.78, 5) is 12.9. The molecule has 0 spiro atoms. The molecule has 8 heteroatoms. The highest BCUT2D eigenvalue weighted by Gasteiger charge is 2.64. The second-order valence-corrected chi connectivity index (χ2v) is 11.6. The van der Waals surface area contributed by atoms with E-state index in [1.54, 1.807) is 24.3 Å². The molecule has 32 heavy (non-hydrogen) atoms. The number of alkyl halides is 1. The average Bonchev–Trinajstić information content (AvgIpc) is 2.69. The van der Waals surface area contributed by atoms with Crippen molar-refractivity contribution in [3.05, 3.63) is 29.8 Å². The number of benzene rings is 1. The largest absolute Gasteiger partial charge is 0.371 e. The molecule has 1 aromatic carbocycles. The number of hydrogen-bond donors (Lipinski definition) is 2. The minimum absolute atomic E-state index is 0.0831. The number of carbonyl (C=O) groups is 1. The van der Waals surface area contributed by atoms with Crippen LogP contribution in [0.5, 0.6) is 0 Å². The van der Waals surface area contributed by atoms with Gasteiger partial charge >= 0.3 is 0 Å². The number of amides is 1. The third kappa shape index (κ3) is 4.77. The van der Waals surface area contributed by atoms with Gasteiger partial charge in [-0.2, -0.15) is 10.4 Å². The van der Waals surface area contributed by atoms with Gasteiger partial charge in [-0.3, -0.25) is 10.2 Å². The maximum Gasteiger partial charge on any atom is 0.251 e. The van der Waals surface area contributed by atoms with Gasteiger partial charge in [-0.25, -0.2) is 0 Å². The maximum atomic E-state index is 12.9. The molecule has 2 unspecified atom stereocenters. The molecule has 2 saturated carbocycles. The highest BCUT2D eigenvalue weighted by molar-refractivity contribution is 6.21. The fourth-order valence-corrected chi connectivity index (χ4v) is 5.45. The molecule has 3 atom stereocenters. The Bertz CT molecular complexity index is 898. The number of rotatable bonds is 6. The third-order valence-corrected chi connectivity index (χ3v) is 6.91. The van der Waals surface area contributed by atoms with Crippen LogP contribution in [0.2, 0.25) is 0 Å². The van der Waals surface area contributed by atoms with Crippen LogP contribution in [0.1, 0.15) is 65.2 Å². The van der Waals surface area contributed by atoms with Gasteiger partial charge in [0.15, 0.2) is 0 Å². The van der Waals surface area contributed by atoms with Crippen molar-refractivity contribution in [2.24, 2.45) is 27.1 Å². The molecular formula is C24H34ClN5O2. The molecule has 0 radical (unpaired) electrons. The van der Waals surface area contributed by atoms with Gasteiger partial charge in [-0.1, -0.05) is 32.9 Å². The topological polar surface area (TPSA) is 98.9 Å². The Morgan fingerprint density at radius 1 is 1.19 bits per heavy atom. The molecule has 0 aliphatic heterocycles. The van der Waals surface area contributed by atoms with Crippen LogP contribution in [0, 0.1) is 28.1 Å². The second kappa shape index (κ2) is 8.64. The summed E-state index contributed by atoms with van der Waals surface area (Å²) in [6.45, 7) is 14.2. The number of nitrogens with one attached hydrogen (secondary N) is 2. The van der Waals surface area contributed by atoms with E-state index in [2.05, 4.69) is 54.8 Å². The predicted molar refractivity (Wildman–Crippen MR) is 126 cm³/mol. The fraction of sp³-hybridized carbons (Fsp3) is 0.667. The van der Waals surface area contributed by atoms with Gasteiger partial charge in [0, 0.05) is 22.4 Å². The van der Waals surface area contributed by atoms with Crippen molar-refractivity contribution in [1.29, 1.82) is 5.26 Å². The Morgan fingerprint density at radius 3 is 2.28 bits per heavy atom. The predicted octanol–water partition coefficient (Wildman–Crippen LogP) is 5.33. The molecule has 174 valence electrons. The van der Waals surface area contributed by atoms with Gasteiger partial charge in [0.1, 0.15) is 0 Å². The molecule has 2 aliphatic rings. The van der Waals surface area contributed by atoms with E-state index in [1.165, 1.54) is 0 Å². The minimum Gasteiger partial charge on any atom is -0.371 e. The van der Waals surface area contributed by atoms with Crippen molar-refractivity contribution in [2.45, 2.75) is 84.1 Å². The van der Waals surface area contributed by atoms with Crippen molar-refractivity contribution in [2.75, 3.05) is 5.43 Å². The molecule has 0 saturated heterocycles. The standard InChI is InChI=1S/C24H34ClN5O2/c1-22(2,3)29-30-28-16-10-8-14(9-11-16)19(31)27-20-23(4,5)21(24(20,6)7)32-18-15(13-26)12-17(18)25/h8-11,15,17-18,20-21H,12H2,1-7H3,(H,27,31)(H,28,29)/t15?,17?,18-,20-,21-/m0/s1. The fourth-order valence-electron chi connectivity index (χ4n) is 5.02. The number of hydrogen-bond acceptors (Lipinski definition) is 5. The van der Waals surface area contributed by atoms with Gasteiger partial charge < -0.3 is 10.1 Å². The van der Waals surface area contributed by atoms with Crippen LogP contribution in [0.3, 0.4) is 0 Å². The van der Waals surface area contributed by atoms with E-state index in [1.807, 2.05) is 20.8 Å². The molecule has 0 heterocycles. The third-order valence-electron chi connectivity index (χ3n) is 6.48. The van der Waals surface area contributed by atoms with Crippen molar-refractivity contribution < 1.29 is 9.53 Å². The van der Waals surface area contributed by atoms with Crippen LogP contribution in [-0.2, 0) is 4.74 Å². The number of anilines is 1. The van der Waals surface area contributed by atoms with Gasteiger partial charge in [-0.05, 0) is 51.5 Å². The lowest BCUT2D eigenvalue weighted by Gasteiger charge is -2.65. The van der Waals surface area contributed by atoms with E-state index in [0.29, 0.717) is 12.0 Å². The summed E-state index contributed by atoms with van der Waals surface area (Å²) >= 11 is 6.30. The zero-order valence-corrected chi connectivity index (χ0v) is 20.7.